The Morgan fingerprint density at radius 1 is 1.43 bits per heavy atom. The van der Waals surface area contributed by atoms with Crippen molar-refractivity contribution in [3.63, 3.8) is 0 Å². The Morgan fingerprint density at radius 2 is 2.21 bits per heavy atom. The second kappa shape index (κ2) is 3.42. The van der Waals surface area contributed by atoms with Gasteiger partial charge in [-0.15, -0.1) is 11.3 Å². The molecule has 2 aromatic rings. The highest BCUT2D eigenvalue weighted by Crippen LogP contribution is 2.28. The average Bonchev–Trinajstić information content (AvgIpc) is 2.62. The van der Waals surface area contributed by atoms with Crippen molar-refractivity contribution in [2.45, 2.75) is 6.92 Å². The molecule has 1 aromatic heterocycles. The number of rotatable bonds is 1. The maximum Gasteiger partial charge on any atom is 0.252 e. The van der Waals surface area contributed by atoms with E-state index in [0.29, 0.717) is 0 Å². The van der Waals surface area contributed by atoms with Gasteiger partial charge in [0.1, 0.15) is 0 Å². The van der Waals surface area contributed by atoms with Gasteiger partial charge in [-0.3, -0.25) is 4.79 Å². The smallest absolute Gasteiger partial charge is 0.252 e. The molecular weight excluding hydrogens is 194 g/mol. The zero-order chi connectivity index (χ0) is 10.1. The van der Waals surface area contributed by atoms with E-state index in [1.54, 1.807) is 18.4 Å². The lowest BCUT2D eigenvalue weighted by molar-refractivity contribution is 0.0965. The minimum Gasteiger partial charge on any atom is -0.355 e. The summed E-state index contributed by atoms with van der Waals surface area (Å²) in [6, 6.07) is 6.09. The van der Waals surface area contributed by atoms with Crippen molar-refractivity contribution < 1.29 is 4.79 Å². The number of carbonyl (C=O) groups is 1. The zero-order valence-electron chi connectivity index (χ0n) is 8.13. The van der Waals surface area contributed by atoms with Crippen LogP contribution in [-0.4, -0.2) is 13.0 Å². The summed E-state index contributed by atoms with van der Waals surface area (Å²) in [7, 11) is 1.66. The molecule has 72 valence electrons. The monoisotopic (exact) mass is 205 g/mol. The van der Waals surface area contributed by atoms with Crippen LogP contribution >= 0.6 is 11.3 Å². The van der Waals surface area contributed by atoms with Gasteiger partial charge in [0.25, 0.3) is 5.91 Å². The fourth-order valence-electron chi connectivity index (χ4n) is 1.57. The van der Waals surface area contributed by atoms with Crippen LogP contribution in [0.15, 0.2) is 23.6 Å². The molecule has 1 amide bonds. The Balaban J connectivity index is 2.73. The van der Waals surface area contributed by atoms with E-state index in [0.717, 1.165) is 16.5 Å². The quantitative estimate of drug-likeness (QED) is 0.761. The number of aryl methyl sites for hydroxylation is 1. The molecule has 1 heterocycles. The van der Waals surface area contributed by atoms with Gasteiger partial charge in [0.05, 0.1) is 5.56 Å². The molecule has 0 spiro atoms. The van der Waals surface area contributed by atoms with Gasteiger partial charge in [0.15, 0.2) is 0 Å². The summed E-state index contributed by atoms with van der Waals surface area (Å²) in [4.78, 5) is 11.5. The number of nitrogens with one attached hydrogen (secondary N) is 1. The van der Waals surface area contributed by atoms with Gasteiger partial charge < -0.3 is 5.32 Å². The van der Waals surface area contributed by atoms with Crippen LogP contribution in [0, 0.1) is 6.92 Å². The molecule has 1 N–H and O–H groups in total. The van der Waals surface area contributed by atoms with Gasteiger partial charge in [-0.25, -0.2) is 0 Å². The van der Waals surface area contributed by atoms with Crippen molar-refractivity contribution in [1.82, 2.24) is 5.32 Å². The first-order chi connectivity index (χ1) is 6.74. The van der Waals surface area contributed by atoms with E-state index in [-0.39, 0.29) is 5.91 Å². The van der Waals surface area contributed by atoms with E-state index in [2.05, 4.69) is 5.32 Å². The van der Waals surface area contributed by atoms with Gasteiger partial charge in [-0.1, -0.05) is 12.1 Å². The first-order valence-corrected chi connectivity index (χ1v) is 5.31. The van der Waals surface area contributed by atoms with Crippen LogP contribution in [0.1, 0.15) is 15.9 Å². The number of benzene rings is 1. The zero-order valence-corrected chi connectivity index (χ0v) is 8.94. The first kappa shape index (κ1) is 9.21. The summed E-state index contributed by atoms with van der Waals surface area (Å²) < 4.78 is 1.17. The van der Waals surface area contributed by atoms with Crippen LogP contribution in [0.2, 0.25) is 0 Å². The Kier molecular flexibility index (Phi) is 2.25. The third-order valence-corrected chi connectivity index (χ3v) is 3.23. The summed E-state index contributed by atoms with van der Waals surface area (Å²) in [6.07, 6.45) is 0. The molecule has 2 rings (SSSR count). The molecule has 0 atom stereocenters. The van der Waals surface area contributed by atoms with Crippen molar-refractivity contribution >= 4 is 27.3 Å². The number of carbonyl (C=O) groups excluding carboxylic acids is 1. The molecule has 0 aliphatic rings. The molecule has 0 saturated carbocycles. The Morgan fingerprint density at radius 3 is 2.93 bits per heavy atom. The van der Waals surface area contributed by atoms with Crippen molar-refractivity contribution in [2.24, 2.45) is 0 Å². The van der Waals surface area contributed by atoms with Crippen LogP contribution in [0.4, 0.5) is 0 Å². The van der Waals surface area contributed by atoms with E-state index in [1.165, 1.54) is 4.70 Å². The highest BCUT2D eigenvalue weighted by Gasteiger charge is 2.11. The molecule has 0 aliphatic carbocycles. The molecule has 0 bridgehead atoms. The molecule has 1 aromatic carbocycles. The van der Waals surface area contributed by atoms with Crippen molar-refractivity contribution in [2.75, 3.05) is 7.05 Å². The predicted octanol–water partition coefficient (Wildman–Crippen LogP) is 2.57. The van der Waals surface area contributed by atoms with Crippen molar-refractivity contribution in [3.05, 3.63) is 34.7 Å². The van der Waals surface area contributed by atoms with E-state index in [9.17, 15) is 4.79 Å². The maximum atomic E-state index is 11.5. The third-order valence-electron chi connectivity index (χ3n) is 2.28. The normalized spacial score (nSPS) is 10.4. The highest BCUT2D eigenvalue weighted by atomic mass is 32.1. The molecule has 0 aliphatic heterocycles. The Labute approximate surface area is 86.6 Å². The summed E-state index contributed by atoms with van der Waals surface area (Å²) in [5, 5.41) is 5.65. The highest BCUT2D eigenvalue weighted by molar-refractivity contribution is 7.17. The van der Waals surface area contributed by atoms with Gasteiger partial charge in [-0.05, 0) is 18.6 Å². The number of hydrogen-bond donors (Lipinski definition) is 1. The lowest BCUT2D eigenvalue weighted by atomic mass is 10.1. The van der Waals surface area contributed by atoms with Crippen LogP contribution in [0.5, 0.6) is 0 Å². The Bertz CT molecular complexity index is 487. The summed E-state index contributed by atoms with van der Waals surface area (Å²) >= 11 is 1.61. The molecule has 3 heteroatoms. The molecule has 0 radical (unpaired) electrons. The minimum atomic E-state index is -0.00875. The standard InChI is InChI=1S/C11H11NOS/c1-7-4-3-5-9-10(7)8(6-14-9)11(13)12-2/h3-6H,1-2H3,(H,12,13). The second-order valence-electron chi connectivity index (χ2n) is 3.18. The second-order valence-corrected chi connectivity index (χ2v) is 4.09. The lowest BCUT2D eigenvalue weighted by Gasteiger charge is -2.00. The van der Waals surface area contributed by atoms with Crippen LogP contribution < -0.4 is 5.32 Å². The van der Waals surface area contributed by atoms with Gasteiger partial charge in [0, 0.05) is 22.5 Å². The van der Waals surface area contributed by atoms with Crippen LogP contribution in [-0.2, 0) is 0 Å². The predicted molar refractivity (Wildman–Crippen MR) is 60.0 cm³/mol. The largest absolute Gasteiger partial charge is 0.355 e. The minimum absolute atomic E-state index is 0.00875. The van der Waals surface area contributed by atoms with Gasteiger partial charge in [-0.2, -0.15) is 0 Å². The van der Waals surface area contributed by atoms with Crippen molar-refractivity contribution in [3.8, 4) is 0 Å². The lowest BCUT2D eigenvalue weighted by Crippen LogP contribution is -2.17. The molecular formula is C11H11NOS. The fraction of sp³-hybridized carbons (Fsp3) is 0.182. The topological polar surface area (TPSA) is 29.1 Å². The summed E-state index contributed by atoms with van der Waals surface area (Å²) in [5.74, 6) is -0.00875. The maximum absolute atomic E-state index is 11.5. The number of fused-ring (bicyclic) bond motifs is 1. The van der Waals surface area contributed by atoms with Crippen LogP contribution in [0.3, 0.4) is 0 Å². The first-order valence-electron chi connectivity index (χ1n) is 4.43. The molecule has 0 saturated heterocycles. The molecule has 0 fully saturated rings. The van der Waals surface area contributed by atoms with E-state index < -0.39 is 0 Å². The Hall–Kier alpha value is -1.35. The van der Waals surface area contributed by atoms with E-state index in [1.807, 2.05) is 30.5 Å². The average molecular weight is 205 g/mol. The molecule has 0 unspecified atom stereocenters. The van der Waals surface area contributed by atoms with Gasteiger partial charge >= 0.3 is 0 Å². The van der Waals surface area contributed by atoms with E-state index >= 15 is 0 Å². The third kappa shape index (κ3) is 1.30. The fourth-order valence-corrected chi connectivity index (χ4v) is 2.58. The van der Waals surface area contributed by atoms with Crippen LogP contribution in [0.25, 0.3) is 10.1 Å². The van der Waals surface area contributed by atoms with Crippen molar-refractivity contribution in [1.29, 1.82) is 0 Å². The SMILES string of the molecule is CNC(=O)c1csc2cccc(C)c12. The van der Waals surface area contributed by atoms with Gasteiger partial charge in [0.2, 0.25) is 0 Å². The number of thiophene rings is 1. The number of amides is 1. The molecule has 14 heavy (non-hydrogen) atoms. The number of hydrogen-bond acceptors (Lipinski definition) is 2. The summed E-state index contributed by atoms with van der Waals surface area (Å²) in [5.41, 5.74) is 1.94. The summed E-state index contributed by atoms with van der Waals surface area (Å²) in [6.45, 7) is 2.03. The molecule has 2 nitrogen and oxygen atoms in total. The van der Waals surface area contributed by atoms with E-state index in [4.69, 9.17) is 0 Å².